The van der Waals surface area contributed by atoms with Crippen molar-refractivity contribution >= 4 is 0 Å². The Morgan fingerprint density at radius 3 is 2.82 bits per heavy atom. The van der Waals surface area contributed by atoms with Gasteiger partial charge in [-0.15, -0.1) is 5.10 Å². The topological polar surface area (TPSA) is 42.7 Å². The van der Waals surface area contributed by atoms with E-state index in [1.807, 2.05) is 7.05 Å². The normalized spacial score (nSPS) is 16.1. The number of hydrogen-bond acceptors (Lipinski definition) is 3. The van der Waals surface area contributed by atoms with Gasteiger partial charge in [0, 0.05) is 13.1 Å². The molecular formula is C13H24N4. The van der Waals surface area contributed by atoms with E-state index in [4.69, 9.17) is 0 Å². The summed E-state index contributed by atoms with van der Waals surface area (Å²) in [5.41, 5.74) is 2.46. The SMILES string of the molecule is CCCc1c(CNC)nnn1CCC1CCC1. The quantitative estimate of drug-likeness (QED) is 0.788. The van der Waals surface area contributed by atoms with E-state index in [2.05, 4.69) is 27.2 Å². The third kappa shape index (κ3) is 3.06. The van der Waals surface area contributed by atoms with E-state index in [0.717, 1.165) is 37.5 Å². The predicted molar refractivity (Wildman–Crippen MR) is 68.7 cm³/mol. The van der Waals surface area contributed by atoms with Crippen LogP contribution in [-0.4, -0.2) is 22.0 Å². The monoisotopic (exact) mass is 236 g/mol. The molecule has 0 unspecified atom stereocenters. The van der Waals surface area contributed by atoms with Gasteiger partial charge in [0.1, 0.15) is 0 Å². The molecule has 0 spiro atoms. The Bertz CT molecular complexity index is 341. The molecule has 17 heavy (non-hydrogen) atoms. The van der Waals surface area contributed by atoms with Crippen molar-refractivity contribution in [2.24, 2.45) is 5.92 Å². The number of rotatable bonds is 7. The molecule has 0 bridgehead atoms. The highest BCUT2D eigenvalue weighted by Crippen LogP contribution is 2.29. The maximum absolute atomic E-state index is 4.31. The molecule has 0 aliphatic heterocycles. The summed E-state index contributed by atoms with van der Waals surface area (Å²) < 4.78 is 2.13. The van der Waals surface area contributed by atoms with Crippen LogP contribution < -0.4 is 5.32 Å². The Balaban J connectivity index is 1.97. The summed E-state index contributed by atoms with van der Waals surface area (Å²) in [7, 11) is 1.96. The molecule has 0 aromatic carbocycles. The fourth-order valence-corrected chi connectivity index (χ4v) is 2.45. The van der Waals surface area contributed by atoms with Crippen molar-refractivity contribution < 1.29 is 0 Å². The Kier molecular flexibility index (Phi) is 4.54. The molecular weight excluding hydrogens is 212 g/mol. The molecule has 96 valence electrons. The van der Waals surface area contributed by atoms with E-state index in [1.54, 1.807) is 0 Å². The lowest BCUT2D eigenvalue weighted by atomic mass is 9.83. The summed E-state index contributed by atoms with van der Waals surface area (Å²) >= 11 is 0. The molecule has 1 aromatic rings. The molecule has 0 radical (unpaired) electrons. The van der Waals surface area contributed by atoms with E-state index in [-0.39, 0.29) is 0 Å². The Morgan fingerprint density at radius 2 is 2.24 bits per heavy atom. The summed E-state index contributed by atoms with van der Waals surface area (Å²) in [5, 5.41) is 11.8. The van der Waals surface area contributed by atoms with Gasteiger partial charge in [-0.25, -0.2) is 4.68 Å². The van der Waals surface area contributed by atoms with Gasteiger partial charge in [0.2, 0.25) is 0 Å². The van der Waals surface area contributed by atoms with Crippen LogP contribution in [0.2, 0.25) is 0 Å². The fourth-order valence-electron chi connectivity index (χ4n) is 2.45. The molecule has 0 saturated heterocycles. The first-order chi connectivity index (χ1) is 8.35. The minimum absolute atomic E-state index is 0.832. The third-order valence-corrected chi connectivity index (χ3v) is 3.72. The first-order valence-corrected chi connectivity index (χ1v) is 6.91. The van der Waals surface area contributed by atoms with E-state index in [0.29, 0.717) is 0 Å². The van der Waals surface area contributed by atoms with Gasteiger partial charge < -0.3 is 5.32 Å². The number of nitrogens with zero attached hydrogens (tertiary/aromatic N) is 3. The minimum Gasteiger partial charge on any atom is -0.314 e. The zero-order chi connectivity index (χ0) is 12.1. The zero-order valence-electron chi connectivity index (χ0n) is 11.1. The summed E-state index contributed by atoms with van der Waals surface area (Å²) in [6.07, 6.45) is 7.79. The molecule has 1 aromatic heterocycles. The Hall–Kier alpha value is -0.900. The predicted octanol–water partition coefficient (Wildman–Crippen LogP) is 2.14. The fraction of sp³-hybridized carbons (Fsp3) is 0.846. The van der Waals surface area contributed by atoms with Gasteiger partial charge in [-0.1, -0.05) is 37.8 Å². The highest BCUT2D eigenvalue weighted by atomic mass is 15.4. The summed E-state index contributed by atoms with van der Waals surface area (Å²) in [6, 6.07) is 0. The molecule has 2 rings (SSSR count). The highest BCUT2D eigenvalue weighted by Gasteiger charge is 2.18. The zero-order valence-corrected chi connectivity index (χ0v) is 11.1. The van der Waals surface area contributed by atoms with E-state index in [1.165, 1.54) is 31.4 Å². The van der Waals surface area contributed by atoms with E-state index >= 15 is 0 Å². The number of nitrogens with one attached hydrogen (secondary N) is 1. The Labute approximate surface area is 104 Å². The molecule has 4 heteroatoms. The molecule has 1 heterocycles. The molecule has 0 amide bonds. The summed E-state index contributed by atoms with van der Waals surface area (Å²) in [5.74, 6) is 0.946. The second kappa shape index (κ2) is 6.15. The summed E-state index contributed by atoms with van der Waals surface area (Å²) in [4.78, 5) is 0. The van der Waals surface area contributed by atoms with E-state index in [9.17, 15) is 0 Å². The first kappa shape index (κ1) is 12.6. The first-order valence-electron chi connectivity index (χ1n) is 6.91. The van der Waals surface area contributed by atoms with Crippen molar-refractivity contribution in [2.75, 3.05) is 7.05 Å². The second-order valence-corrected chi connectivity index (χ2v) is 5.07. The molecule has 1 fully saturated rings. The maximum Gasteiger partial charge on any atom is 0.0996 e. The summed E-state index contributed by atoms with van der Waals surface area (Å²) in [6.45, 7) is 4.10. The standard InChI is InChI=1S/C13H24N4/c1-3-5-13-12(10-14-2)15-16-17(13)9-8-11-6-4-7-11/h11,14H,3-10H2,1-2H3. The number of aryl methyl sites for hydroxylation is 1. The van der Waals surface area contributed by atoms with Gasteiger partial charge >= 0.3 is 0 Å². The van der Waals surface area contributed by atoms with Crippen LogP contribution in [0.15, 0.2) is 0 Å². The molecule has 4 nitrogen and oxygen atoms in total. The average Bonchev–Trinajstić information content (AvgIpc) is 2.61. The average molecular weight is 236 g/mol. The maximum atomic E-state index is 4.31. The van der Waals surface area contributed by atoms with Crippen LogP contribution in [0.5, 0.6) is 0 Å². The van der Waals surface area contributed by atoms with Crippen LogP contribution in [0, 0.1) is 5.92 Å². The van der Waals surface area contributed by atoms with Gasteiger partial charge in [0.05, 0.1) is 11.4 Å². The largest absolute Gasteiger partial charge is 0.314 e. The smallest absolute Gasteiger partial charge is 0.0996 e. The van der Waals surface area contributed by atoms with Crippen molar-refractivity contribution in [1.82, 2.24) is 20.3 Å². The molecule has 1 N–H and O–H groups in total. The highest BCUT2D eigenvalue weighted by molar-refractivity contribution is 5.10. The lowest BCUT2D eigenvalue weighted by molar-refractivity contribution is 0.275. The van der Waals surface area contributed by atoms with Crippen molar-refractivity contribution in [2.45, 2.75) is 58.5 Å². The van der Waals surface area contributed by atoms with Crippen molar-refractivity contribution in [3.05, 3.63) is 11.4 Å². The number of aromatic nitrogens is 3. The van der Waals surface area contributed by atoms with Crippen LogP contribution in [0.3, 0.4) is 0 Å². The number of hydrogen-bond donors (Lipinski definition) is 1. The van der Waals surface area contributed by atoms with Gasteiger partial charge in [0.25, 0.3) is 0 Å². The lowest BCUT2D eigenvalue weighted by Gasteiger charge is -2.25. The van der Waals surface area contributed by atoms with Crippen molar-refractivity contribution in [1.29, 1.82) is 0 Å². The molecule has 1 aliphatic carbocycles. The van der Waals surface area contributed by atoms with Crippen LogP contribution in [0.1, 0.15) is 50.4 Å². The Morgan fingerprint density at radius 1 is 1.41 bits per heavy atom. The second-order valence-electron chi connectivity index (χ2n) is 5.07. The van der Waals surface area contributed by atoms with Crippen LogP contribution in [-0.2, 0) is 19.5 Å². The van der Waals surface area contributed by atoms with Crippen molar-refractivity contribution in [3.63, 3.8) is 0 Å². The van der Waals surface area contributed by atoms with Crippen LogP contribution >= 0.6 is 0 Å². The van der Waals surface area contributed by atoms with Gasteiger partial charge in [-0.2, -0.15) is 0 Å². The third-order valence-electron chi connectivity index (χ3n) is 3.72. The van der Waals surface area contributed by atoms with E-state index < -0.39 is 0 Å². The molecule has 0 atom stereocenters. The van der Waals surface area contributed by atoms with Gasteiger partial charge in [-0.05, 0) is 25.8 Å². The van der Waals surface area contributed by atoms with Gasteiger partial charge in [-0.3, -0.25) is 0 Å². The molecule has 1 saturated carbocycles. The minimum atomic E-state index is 0.832. The van der Waals surface area contributed by atoms with Crippen molar-refractivity contribution in [3.8, 4) is 0 Å². The van der Waals surface area contributed by atoms with Crippen LogP contribution in [0.25, 0.3) is 0 Å². The van der Waals surface area contributed by atoms with Gasteiger partial charge in [0.15, 0.2) is 0 Å². The van der Waals surface area contributed by atoms with Crippen LogP contribution in [0.4, 0.5) is 0 Å². The lowest BCUT2D eigenvalue weighted by Crippen LogP contribution is -2.16. The molecule has 1 aliphatic rings.